The second-order valence-electron chi connectivity index (χ2n) is 4.97. The monoisotopic (exact) mass is 367 g/mol. The molecule has 2 aromatic rings. The molecular weight excluding hydrogens is 353 g/mol. The van der Waals surface area contributed by atoms with E-state index in [-0.39, 0.29) is 12.2 Å². The van der Waals surface area contributed by atoms with Gasteiger partial charge in [-0.2, -0.15) is 0 Å². The lowest BCUT2D eigenvalue weighted by Crippen LogP contribution is -2.30. The van der Waals surface area contributed by atoms with E-state index in [1.165, 1.54) is 13.0 Å². The van der Waals surface area contributed by atoms with Gasteiger partial charge >= 0.3 is 5.97 Å². The van der Waals surface area contributed by atoms with Gasteiger partial charge in [0.05, 0.1) is 0 Å². The zero-order valence-corrected chi connectivity index (χ0v) is 14.3. The largest absolute Gasteiger partial charge is 0.488 e. The van der Waals surface area contributed by atoms with Crippen LogP contribution in [0.1, 0.15) is 22.8 Å². The van der Waals surface area contributed by atoms with E-state index in [4.69, 9.17) is 38.4 Å². The normalized spacial score (nSPS) is 11.6. The summed E-state index contributed by atoms with van der Waals surface area (Å²) in [6, 6.07) is 11.6. The van der Waals surface area contributed by atoms with Gasteiger partial charge in [-0.05, 0) is 31.2 Å². The molecule has 24 heavy (non-hydrogen) atoms. The fourth-order valence-electron chi connectivity index (χ4n) is 1.84. The molecule has 0 fully saturated rings. The number of nitrogens with two attached hydrogens (primary N) is 1. The highest BCUT2D eigenvalue weighted by Crippen LogP contribution is 2.25. The molecule has 0 aliphatic rings. The first-order chi connectivity index (χ1) is 11.4. The highest BCUT2D eigenvalue weighted by Gasteiger charge is 2.19. The molecule has 2 rings (SSSR count). The SMILES string of the molecule is C[C@H](OC(=O)c1ccccc1OCc1ccc(Cl)cc1Cl)C(N)=O. The Morgan fingerprint density at radius 1 is 1.17 bits per heavy atom. The van der Waals surface area contributed by atoms with Crippen molar-refractivity contribution in [1.82, 2.24) is 0 Å². The van der Waals surface area contributed by atoms with Crippen molar-refractivity contribution >= 4 is 35.1 Å². The predicted octanol–water partition coefficient (Wildman–Crippen LogP) is 3.60. The molecule has 0 saturated carbocycles. The fraction of sp³-hybridized carbons (Fsp3) is 0.176. The topological polar surface area (TPSA) is 78.6 Å². The number of hydrogen-bond donors (Lipinski definition) is 1. The minimum atomic E-state index is -1.03. The summed E-state index contributed by atoms with van der Waals surface area (Å²) in [5, 5.41) is 0.984. The number of halogens is 2. The second-order valence-corrected chi connectivity index (χ2v) is 5.81. The van der Waals surface area contributed by atoms with E-state index in [1.54, 1.807) is 36.4 Å². The van der Waals surface area contributed by atoms with Crippen molar-refractivity contribution in [2.45, 2.75) is 19.6 Å². The Kier molecular flexibility index (Phi) is 6.06. The van der Waals surface area contributed by atoms with Crippen LogP contribution in [-0.4, -0.2) is 18.0 Å². The summed E-state index contributed by atoms with van der Waals surface area (Å²) in [7, 11) is 0. The van der Waals surface area contributed by atoms with Crippen molar-refractivity contribution in [3.05, 3.63) is 63.6 Å². The molecule has 5 nitrogen and oxygen atoms in total. The molecule has 2 N–H and O–H groups in total. The molecule has 126 valence electrons. The van der Waals surface area contributed by atoms with E-state index in [9.17, 15) is 9.59 Å². The molecule has 2 aromatic carbocycles. The fourth-order valence-corrected chi connectivity index (χ4v) is 2.30. The van der Waals surface area contributed by atoms with Crippen molar-refractivity contribution in [3.63, 3.8) is 0 Å². The molecule has 0 radical (unpaired) electrons. The Hall–Kier alpha value is -2.24. The van der Waals surface area contributed by atoms with Crippen molar-refractivity contribution < 1.29 is 19.1 Å². The van der Waals surface area contributed by atoms with Crippen molar-refractivity contribution in [1.29, 1.82) is 0 Å². The third-order valence-corrected chi connectivity index (χ3v) is 3.78. The van der Waals surface area contributed by atoms with Crippen molar-refractivity contribution in [3.8, 4) is 5.75 Å². The zero-order chi connectivity index (χ0) is 17.7. The number of carbonyl (C=O) groups excluding carboxylic acids is 2. The van der Waals surface area contributed by atoms with Gasteiger partial charge < -0.3 is 15.2 Å². The summed E-state index contributed by atoms with van der Waals surface area (Å²) in [5.41, 5.74) is 6.00. The number of carbonyl (C=O) groups is 2. The number of ether oxygens (including phenoxy) is 2. The molecule has 1 atom stereocenters. The van der Waals surface area contributed by atoms with E-state index in [2.05, 4.69) is 0 Å². The van der Waals surface area contributed by atoms with Crippen LogP contribution in [0.5, 0.6) is 5.75 Å². The molecule has 0 aliphatic heterocycles. The average molecular weight is 368 g/mol. The first-order valence-electron chi connectivity index (χ1n) is 7.04. The predicted molar refractivity (Wildman–Crippen MR) is 91.3 cm³/mol. The molecule has 0 aliphatic carbocycles. The summed E-state index contributed by atoms with van der Waals surface area (Å²) in [6.45, 7) is 1.54. The molecule has 0 spiro atoms. The quantitative estimate of drug-likeness (QED) is 0.791. The Balaban J connectivity index is 2.14. The van der Waals surface area contributed by atoms with Crippen molar-refractivity contribution in [2.24, 2.45) is 5.73 Å². The third kappa shape index (κ3) is 4.63. The minimum Gasteiger partial charge on any atom is -0.488 e. The summed E-state index contributed by atoms with van der Waals surface area (Å²) in [4.78, 5) is 23.2. The zero-order valence-electron chi connectivity index (χ0n) is 12.8. The average Bonchev–Trinajstić information content (AvgIpc) is 2.54. The highest BCUT2D eigenvalue weighted by atomic mass is 35.5. The number of hydrogen-bond acceptors (Lipinski definition) is 4. The van der Waals surface area contributed by atoms with E-state index < -0.39 is 18.0 Å². The molecule has 0 heterocycles. The Labute approximate surface area is 149 Å². The number of benzene rings is 2. The van der Waals surface area contributed by atoms with Crippen LogP contribution in [0.25, 0.3) is 0 Å². The number of primary amides is 1. The van der Waals surface area contributed by atoms with E-state index in [0.717, 1.165) is 5.56 Å². The van der Waals surface area contributed by atoms with Crippen molar-refractivity contribution in [2.75, 3.05) is 0 Å². The molecule has 0 unspecified atom stereocenters. The first kappa shape index (κ1) is 18.1. The standard InChI is InChI=1S/C17H15Cl2NO4/c1-10(16(20)21)24-17(22)13-4-2-3-5-15(13)23-9-11-6-7-12(18)8-14(11)19/h2-8,10H,9H2,1H3,(H2,20,21)/t10-/m0/s1. The van der Waals surface area contributed by atoms with E-state index in [1.807, 2.05) is 0 Å². The van der Waals surface area contributed by atoms with Gasteiger partial charge in [-0.25, -0.2) is 4.79 Å². The van der Waals surface area contributed by atoms with Crippen LogP contribution < -0.4 is 10.5 Å². The van der Waals surface area contributed by atoms with Crippen LogP contribution in [-0.2, 0) is 16.1 Å². The Bertz CT molecular complexity index is 764. The van der Waals surface area contributed by atoms with Gasteiger partial charge in [0.1, 0.15) is 17.9 Å². The molecule has 0 aromatic heterocycles. The highest BCUT2D eigenvalue weighted by molar-refractivity contribution is 6.35. The summed E-state index contributed by atoms with van der Waals surface area (Å²) < 4.78 is 10.7. The molecule has 7 heteroatoms. The lowest BCUT2D eigenvalue weighted by Gasteiger charge is -2.14. The van der Waals surface area contributed by atoms with Gasteiger partial charge in [0.15, 0.2) is 6.10 Å². The lowest BCUT2D eigenvalue weighted by molar-refractivity contribution is -0.125. The number of rotatable bonds is 6. The van der Waals surface area contributed by atoms with Gasteiger partial charge in [0.25, 0.3) is 5.91 Å². The first-order valence-corrected chi connectivity index (χ1v) is 7.80. The third-order valence-electron chi connectivity index (χ3n) is 3.19. The van der Waals surface area contributed by atoms with Gasteiger partial charge in [-0.15, -0.1) is 0 Å². The van der Waals surface area contributed by atoms with Crippen LogP contribution in [0.3, 0.4) is 0 Å². The van der Waals surface area contributed by atoms with Gasteiger partial charge in [0, 0.05) is 15.6 Å². The van der Waals surface area contributed by atoms with Gasteiger partial charge in [0.2, 0.25) is 0 Å². The Morgan fingerprint density at radius 3 is 2.54 bits per heavy atom. The van der Waals surface area contributed by atoms with E-state index >= 15 is 0 Å². The van der Waals surface area contributed by atoms with Gasteiger partial charge in [-0.3, -0.25) is 4.79 Å². The van der Waals surface area contributed by atoms with Crippen LogP contribution in [0, 0.1) is 0 Å². The summed E-state index contributed by atoms with van der Waals surface area (Å²) >= 11 is 11.9. The number of esters is 1. The smallest absolute Gasteiger partial charge is 0.342 e. The van der Waals surface area contributed by atoms with E-state index in [0.29, 0.717) is 15.8 Å². The van der Waals surface area contributed by atoms with Crippen LogP contribution in [0.15, 0.2) is 42.5 Å². The summed E-state index contributed by atoms with van der Waals surface area (Å²) in [5.74, 6) is -1.11. The molecule has 0 saturated heterocycles. The Morgan fingerprint density at radius 2 is 1.88 bits per heavy atom. The van der Waals surface area contributed by atoms with Crippen LogP contribution in [0.4, 0.5) is 0 Å². The maximum atomic E-state index is 12.1. The second kappa shape index (κ2) is 8.04. The molecule has 0 bridgehead atoms. The number of para-hydroxylation sites is 1. The summed E-state index contributed by atoms with van der Waals surface area (Å²) in [6.07, 6.45) is -1.03. The maximum absolute atomic E-state index is 12.1. The minimum absolute atomic E-state index is 0.145. The molecular formula is C17H15Cl2NO4. The lowest BCUT2D eigenvalue weighted by atomic mass is 10.2. The van der Waals surface area contributed by atoms with Gasteiger partial charge in [-0.1, -0.05) is 41.4 Å². The molecule has 1 amide bonds. The number of amides is 1. The van der Waals surface area contributed by atoms with Crippen LogP contribution >= 0.6 is 23.2 Å². The maximum Gasteiger partial charge on any atom is 0.342 e. The van der Waals surface area contributed by atoms with Crippen LogP contribution in [0.2, 0.25) is 10.0 Å².